The minimum absolute atomic E-state index is 0.0557. The van der Waals surface area contributed by atoms with Gasteiger partial charge in [0.05, 0.1) is 21.5 Å². The molecule has 0 N–H and O–H groups in total. The lowest BCUT2D eigenvalue weighted by Crippen LogP contribution is -2.22. The van der Waals surface area contributed by atoms with Crippen LogP contribution in [0.3, 0.4) is 0 Å². The van der Waals surface area contributed by atoms with Crippen LogP contribution >= 0.6 is 11.8 Å². The predicted molar refractivity (Wildman–Crippen MR) is 128 cm³/mol. The van der Waals surface area contributed by atoms with Crippen LogP contribution in [0.15, 0.2) is 76.7 Å². The van der Waals surface area contributed by atoms with Crippen LogP contribution in [-0.2, 0) is 5.75 Å². The molecular formula is C24H19N5O3S. The third-order valence-corrected chi connectivity index (χ3v) is 6.50. The number of non-ortho nitro benzene ring substituents is 1. The number of hydrogen-bond acceptors (Lipinski definition) is 6. The first-order valence-electron chi connectivity index (χ1n) is 10.3. The molecule has 0 saturated carbocycles. The van der Waals surface area contributed by atoms with E-state index in [0.29, 0.717) is 22.1 Å². The van der Waals surface area contributed by atoms with Gasteiger partial charge in [0.1, 0.15) is 0 Å². The summed E-state index contributed by atoms with van der Waals surface area (Å²) >= 11 is 1.46. The van der Waals surface area contributed by atoms with Gasteiger partial charge in [-0.25, -0.2) is 4.57 Å². The molecule has 5 aromatic rings. The molecule has 164 valence electrons. The molecule has 0 fully saturated rings. The molecule has 0 unspecified atom stereocenters. The Bertz CT molecular complexity index is 1590. The molecule has 3 aromatic carbocycles. The van der Waals surface area contributed by atoms with E-state index in [1.807, 2.05) is 60.7 Å². The summed E-state index contributed by atoms with van der Waals surface area (Å²) in [6, 6.07) is 19.8. The topological polar surface area (TPSA) is 95.3 Å². The van der Waals surface area contributed by atoms with E-state index < -0.39 is 4.92 Å². The van der Waals surface area contributed by atoms with E-state index in [2.05, 4.69) is 10.2 Å². The lowest BCUT2D eigenvalue weighted by Gasteiger charge is -2.13. The lowest BCUT2D eigenvalue weighted by molar-refractivity contribution is -0.384. The van der Waals surface area contributed by atoms with Gasteiger partial charge in [-0.3, -0.25) is 19.3 Å². The summed E-state index contributed by atoms with van der Waals surface area (Å²) in [5, 5.41) is 20.9. The van der Waals surface area contributed by atoms with E-state index in [-0.39, 0.29) is 11.2 Å². The van der Waals surface area contributed by atoms with E-state index in [1.54, 1.807) is 16.7 Å². The summed E-state index contributed by atoms with van der Waals surface area (Å²) in [5.74, 6) is 0.993. The number of thioether (sulfide) groups is 1. The highest BCUT2D eigenvalue weighted by atomic mass is 32.2. The fraction of sp³-hybridized carbons (Fsp3) is 0.125. The largest absolute Gasteiger partial charge is 0.269 e. The van der Waals surface area contributed by atoms with Crippen LogP contribution in [0, 0.1) is 24.0 Å². The fourth-order valence-corrected chi connectivity index (χ4v) is 4.80. The summed E-state index contributed by atoms with van der Waals surface area (Å²) in [6.45, 7) is 3.99. The van der Waals surface area contributed by atoms with Crippen LogP contribution in [-0.4, -0.2) is 24.1 Å². The first-order valence-corrected chi connectivity index (χ1v) is 11.3. The number of fused-ring (bicyclic) bond motifs is 3. The van der Waals surface area contributed by atoms with Crippen molar-refractivity contribution < 1.29 is 4.92 Å². The quantitative estimate of drug-likeness (QED) is 0.213. The zero-order valence-electron chi connectivity index (χ0n) is 17.9. The van der Waals surface area contributed by atoms with Crippen molar-refractivity contribution in [3.63, 3.8) is 0 Å². The molecule has 0 amide bonds. The second-order valence-corrected chi connectivity index (χ2v) is 8.72. The van der Waals surface area contributed by atoms with Crippen LogP contribution in [0.2, 0.25) is 0 Å². The van der Waals surface area contributed by atoms with Crippen molar-refractivity contribution in [1.82, 2.24) is 19.2 Å². The lowest BCUT2D eigenvalue weighted by atomic mass is 10.1. The van der Waals surface area contributed by atoms with Crippen molar-refractivity contribution in [2.75, 3.05) is 0 Å². The first kappa shape index (κ1) is 20.9. The summed E-state index contributed by atoms with van der Waals surface area (Å²) in [7, 11) is 0. The zero-order valence-corrected chi connectivity index (χ0v) is 18.7. The molecule has 5 rings (SSSR count). The van der Waals surface area contributed by atoms with Gasteiger partial charge in [-0.2, -0.15) is 0 Å². The molecule has 2 heterocycles. The van der Waals surface area contributed by atoms with E-state index in [4.69, 9.17) is 0 Å². The number of nitro benzene ring substituents is 1. The van der Waals surface area contributed by atoms with Gasteiger partial charge in [0.15, 0.2) is 5.16 Å². The third-order valence-electron chi connectivity index (χ3n) is 5.50. The molecule has 0 aliphatic rings. The number of hydrogen-bond donors (Lipinski definition) is 0. The van der Waals surface area contributed by atoms with Crippen molar-refractivity contribution in [2.24, 2.45) is 0 Å². The van der Waals surface area contributed by atoms with Crippen LogP contribution in [0.5, 0.6) is 0 Å². The van der Waals surface area contributed by atoms with Crippen molar-refractivity contribution in [2.45, 2.75) is 24.8 Å². The molecule has 33 heavy (non-hydrogen) atoms. The van der Waals surface area contributed by atoms with E-state index in [0.717, 1.165) is 27.9 Å². The van der Waals surface area contributed by atoms with E-state index >= 15 is 0 Å². The summed E-state index contributed by atoms with van der Waals surface area (Å²) in [5.41, 5.74) is 4.41. The molecule has 0 aliphatic carbocycles. The first-order chi connectivity index (χ1) is 15.9. The number of benzene rings is 3. The summed E-state index contributed by atoms with van der Waals surface area (Å²) in [4.78, 5) is 24.0. The maximum absolute atomic E-state index is 13.5. The van der Waals surface area contributed by atoms with Gasteiger partial charge in [0, 0.05) is 17.9 Å². The third kappa shape index (κ3) is 3.66. The Labute approximate surface area is 192 Å². The Balaban J connectivity index is 1.65. The molecule has 0 saturated heterocycles. The Hall–Kier alpha value is -3.98. The monoisotopic (exact) mass is 457 g/mol. The molecule has 0 atom stereocenters. The summed E-state index contributed by atoms with van der Waals surface area (Å²) < 4.78 is 3.51. The molecule has 8 nitrogen and oxygen atoms in total. The fourth-order valence-electron chi connectivity index (χ4n) is 3.91. The van der Waals surface area contributed by atoms with Crippen molar-refractivity contribution in [3.05, 3.63) is 104 Å². The van der Waals surface area contributed by atoms with Crippen LogP contribution < -0.4 is 5.56 Å². The van der Waals surface area contributed by atoms with Gasteiger partial charge < -0.3 is 0 Å². The van der Waals surface area contributed by atoms with E-state index in [1.165, 1.54) is 23.9 Å². The van der Waals surface area contributed by atoms with E-state index in [9.17, 15) is 14.9 Å². The second kappa shape index (κ2) is 8.18. The zero-order chi connectivity index (χ0) is 23.1. The van der Waals surface area contributed by atoms with Crippen molar-refractivity contribution >= 4 is 34.1 Å². The Morgan fingerprint density at radius 1 is 1.00 bits per heavy atom. The molecule has 0 bridgehead atoms. The Kier molecular flexibility index (Phi) is 5.18. The minimum atomic E-state index is -0.415. The van der Waals surface area contributed by atoms with Gasteiger partial charge in [0.2, 0.25) is 5.78 Å². The molecule has 2 aromatic heterocycles. The Morgan fingerprint density at radius 2 is 1.76 bits per heavy atom. The highest BCUT2D eigenvalue weighted by Crippen LogP contribution is 2.27. The summed E-state index contributed by atoms with van der Waals surface area (Å²) in [6.07, 6.45) is 0. The number of para-hydroxylation sites is 1. The highest BCUT2D eigenvalue weighted by Gasteiger charge is 2.19. The van der Waals surface area contributed by atoms with Gasteiger partial charge in [-0.05, 0) is 43.2 Å². The van der Waals surface area contributed by atoms with Crippen LogP contribution in [0.1, 0.15) is 16.7 Å². The normalized spacial score (nSPS) is 11.3. The number of nitro groups is 1. The van der Waals surface area contributed by atoms with Gasteiger partial charge >= 0.3 is 0 Å². The van der Waals surface area contributed by atoms with Crippen molar-refractivity contribution in [1.29, 1.82) is 0 Å². The minimum Gasteiger partial charge on any atom is -0.268 e. The number of nitrogens with zero attached hydrogens (tertiary/aromatic N) is 5. The average Bonchev–Trinajstić information content (AvgIpc) is 3.23. The second-order valence-electron chi connectivity index (χ2n) is 7.78. The average molecular weight is 458 g/mol. The standard InChI is InChI=1S/C24H19N5O3S/c1-15-7-12-20(16(2)13-15)27-22(30)19-5-3-4-6-21(19)28-23(27)25-26-24(28)33-14-17-8-10-18(11-9-17)29(31)32/h3-13H,14H2,1-2H3. The highest BCUT2D eigenvalue weighted by molar-refractivity contribution is 7.98. The maximum Gasteiger partial charge on any atom is 0.269 e. The van der Waals surface area contributed by atoms with Gasteiger partial charge in [-0.1, -0.05) is 53.7 Å². The number of aryl methyl sites for hydroxylation is 2. The molecule has 0 radical (unpaired) electrons. The Morgan fingerprint density at radius 3 is 2.48 bits per heavy atom. The van der Waals surface area contributed by atoms with Gasteiger partial charge in [0.25, 0.3) is 11.2 Å². The van der Waals surface area contributed by atoms with Crippen LogP contribution in [0.25, 0.3) is 22.4 Å². The number of aromatic nitrogens is 4. The van der Waals surface area contributed by atoms with Crippen molar-refractivity contribution in [3.8, 4) is 5.69 Å². The molecular weight excluding hydrogens is 438 g/mol. The smallest absolute Gasteiger partial charge is 0.268 e. The maximum atomic E-state index is 13.5. The predicted octanol–water partition coefficient (Wildman–Crippen LogP) is 4.85. The SMILES string of the molecule is Cc1ccc(-n2c(=O)c3ccccc3n3c(SCc4ccc([N+](=O)[O-])cc4)nnc23)c(C)c1. The molecule has 0 spiro atoms. The van der Waals surface area contributed by atoms with Gasteiger partial charge in [-0.15, -0.1) is 10.2 Å². The van der Waals surface area contributed by atoms with Crippen LogP contribution in [0.4, 0.5) is 5.69 Å². The number of rotatable bonds is 5. The molecule has 0 aliphatic heterocycles. The molecule has 9 heteroatoms.